The Balaban J connectivity index is 1.53. The quantitative estimate of drug-likeness (QED) is 0.746. The van der Waals surface area contributed by atoms with E-state index in [1.165, 1.54) is 0 Å². The van der Waals surface area contributed by atoms with Crippen molar-refractivity contribution in [3.63, 3.8) is 0 Å². The van der Waals surface area contributed by atoms with Gasteiger partial charge in [0.25, 0.3) is 0 Å². The number of nitrogens with zero attached hydrogens (tertiary/aromatic N) is 1. The Bertz CT molecular complexity index is 714. The molecule has 1 aromatic carbocycles. The van der Waals surface area contributed by atoms with E-state index in [-0.39, 0.29) is 11.9 Å². The summed E-state index contributed by atoms with van der Waals surface area (Å²) in [5.41, 5.74) is 0.921. The SMILES string of the molecule is CC(C)NC(=O)C[C@@H]1CCNC[C@@H]1Cc1cc(COc2ccccc2)on1. The molecular weight excluding hydrogens is 342 g/mol. The molecule has 6 nitrogen and oxygen atoms in total. The molecule has 146 valence electrons. The molecule has 2 aromatic rings. The summed E-state index contributed by atoms with van der Waals surface area (Å²) in [4.78, 5) is 12.2. The Kier molecular flexibility index (Phi) is 6.87. The van der Waals surface area contributed by atoms with Crippen molar-refractivity contribution in [3.8, 4) is 5.75 Å². The van der Waals surface area contributed by atoms with Gasteiger partial charge in [-0.15, -0.1) is 0 Å². The highest BCUT2D eigenvalue weighted by Gasteiger charge is 2.28. The standard InChI is InChI=1S/C21H29N3O3/c1-15(2)23-21(25)11-16-8-9-22-13-17(16)10-18-12-20(27-24-18)14-26-19-6-4-3-5-7-19/h3-7,12,15-17,22H,8-11,13-14H2,1-2H3,(H,23,25)/t16-,17-/m0/s1. The highest BCUT2D eigenvalue weighted by Crippen LogP contribution is 2.26. The third kappa shape index (κ3) is 6.10. The summed E-state index contributed by atoms with van der Waals surface area (Å²) in [6.07, 6.45) is 2.39. The summed E-state index contributed by atoms with van der Waals surface area (Å²) < 4.78 is 11.1. The van der Waals surface area contributed by atoms with E-state index in [1.807, 2.05) is 50.2 Å². The first kappa shape index (κ1) is 19.4. The maximum atomic E-state index is 12.2. The minimum absolute atomic E-state index is 0.138. The second kappa shape index (κ2) is 9.55. The topological polar surface area (TPSA) is 76.4 Å². The van der Waals surface area contributed by atoms with Crippen LogP contribution < -0.4 is 15.4 Å². The lowest BCUT2D eigenvalue weighted by atomic mass is 9.81. The van der Waals surface area contributed by atoms with Crippen LogP contribution in [-0.4, -0.2) is 30.2 Å². The number of carbonyl (C=O) groups is 1. The lowest BCUT2D eigenvalue weighted by Crippen LogP contribution is -2.41. The summed E-state index contributed by atoms with van der Waals surface area (Å²) in [6.45, 7) is 6.21. The second-order valence-electron chi connectivity index (χ2n) is 7.53. The maximum Gasteiger partial charge on any atom is 0.220 e. The van der Waals surface area contributed by atoms with E-state index in [0.717, 1.165) is 37.4 Å². The molecule has 0 aliphatic carbocycles. The van der Waals surface area contributed by atoms with Crippen molar-refractivity contribution in [1.29, 1.82) is 0 Å². The summed E-state index contributed by atoms with van der Waals surface area (Å²) in [5, 5.41) is 10.6. The fourth-order valence-corrected chi connectivity index (χ4v) is 3.56. The molecule has 6 heteroatoms. The zero-order valence-corrected chi connectivity index (χ0v) is 16.1. The van der Waals surface area contributed by atoms with Crippen molar-refractivity contribution in [3.05, 3.63) is 47.9 Å². The number of benzene rings is 1. The van der Waals surface area contributed by atoms with Crippen LogP contribution in [0, 0.1) is 11.8 Å². The molecule has 0 radical (unpaired) electrons. The van der Waals surface area contributed by atoms with Gasteiger partial charge in [-0.25, -0.2) is 0 Å². The van der Waals surface area contributed by atoms with Crippen LogP contribution in [0.1, 0.15) is 38.1 Å². The number of amides is 1. The normalized spacial score (nSPS) is 19.8. The molecule has 1 fully saturated rings. The van der Waals surface area contributed by atoms with Gasteiger partial charge in [0.1, 0.15) is 12.4 Å². The van der Waals surface area contributed by atoms with Crippen molar-refractivity contribution in [2.75, 3.05) is 13.1 Å². The van der Waals surface area contributed by atoms with E-state index in [4.69, 9.17) is 9.26 Å². The van der Waals surface area contributed by atoms with Gasteiger partial charge in [-0.1, -0.05) is 23.4 Å². The van der Waals surface area contributed by atoms with Crippen LogP contribution in [0.5, 0.6) is 5.75 Å². The molecule has 0 bridgehead atoms. The summed E-state index contributed by atoms with van der Waals surface area (Å²) in [7, 11) is 0. The van der Waals surface area contributed by atoms with Crippen LogP contribution in [-0.2, 0) is 17.8 Å². The van der Waals surface area contributed by atoms with E-state index in [2.05, 4.69) is 15.8 Å². The number of hydrogen-bond donors (Lipinski definition) is 2. The second-order valence-corrected chi connectivity index (χ2v) is 7.53. The molecule has 0 unspecified atom stereocenters. The Labute approximate surface area is 160 Å². The van der Waals surface area contributed by atoms with Gasteiger partial charge in [0, 0.05) is 18.5 Å². The summed E-state index contributed by atoms with van der Waals surface area (Å²) >= 11 is 0. The predicted octanol–water partition coefficient (Wildman–Crippen LogP) is 2.94. The first-order valence-electron chi connectivity index (χ1n) is 9.72. The summed E-state index contributed by atoms with van der Waals surface area (Å²) in [6, 6.07) is 11.8. The number of hydrogen-bond acceptors (Lipinski definition) is 5. The van der Waals surface area contributed by atoms with E-state index < -0.39 is 0 Å². The minimum Gasteiger partial charge on any atom is -0.486 e. The third-order valence-corrected chi connectivity index (χ3v) is 4.87. The molecule has 3 rings (SSSR count). The number of ether oxygens (including phenoxy) is 1. The lowest BCUT2D eigenvalue weighted by molar-refractivity contribution is -0.123. The Morgan fingerprint density at radius 3 is 2.93 bits per heavy atom. The van der Waals surface area contributed by atoms with Crippen molar-refractivity contribution in [2.45, 2.75) is 45.8 Å². The Hall–Kier alpha value is -2.34. The van der Waals surface area contributed by atoms with Crippen molar-refractivity contribution in [2.24, 2.45) is 11.8 Å². The molecule has 1 aliphatic rings. The van der Waals surface area contributed by atoms with Gasteiger partial charge >= 0.3 is 0 Å². The highest BCUT2D eigenvalue weighted by molar-refractivity contribution is 5.76. The zero-order chi connectivity index (χ0) is 19.1. The Morgan fingerprint density at radius 2 is 2.15 bits per heavy atom. The van der Waals surface area contributed by atoms with Crippen LogP contribution in [0.4, 0.5) is 0 Å². The van der Waals surface area contributed by atoms with Crippen LogP contribution in [0.25, 0.3) is 0 Å². The molecule has 1 aromatic heterocycles. The van der Waals surface area contributed by atoms with Gasteiger partial charge in [0.05, 0.1) is 5.69 Å². The Morgan fingerprint density at radius 1 is 1.33 bits per heavy atom. The van der Waals surface area contributed by atoms with Gasteiger partial charge in [-0.05, 0) is 63.7 Å². The molecule has 2 N–H and O–H groups in total. The van der Waals surface area contributed by atoms with Gasteiger partial charge in [0.15, 0.2) is 5.76 Å². The number of rotatable bonds is 8. The van der Waals surface area contributed by atoms with E-state index >= 15 is 0 Å². The first-order valence-corrected chi connectivity index (χ1v) is 9.72. The first-order chi connectivity index (χ1) is 13.1. The van der Waals surface area contributed by atoms with Crippen LogP contribution in [0.15, 0.2) is 40.9 Å². The van der Waals surface area contributed by atoms with Gasteiger partial charge in [-0.2, -0.15) is 0 Å². The van der Waals surface area contributed by atoms with E-state index in [9.17, 15) is 4.79 Å². The van der Waals surface area contributed by atoms with Crippen LogP contribution in [0.3, 0.4) is 0 Å². The van der Waals surface area contributed by atoms with Crippen LogP contribution in [0.2, 0.25) is 0 Å². The van der Waals surface area contributed by atoms with Gasteiger partial charge in [0.2, 0.25) is 5.91 Å². The number of nitrogens with one attached hydrogen (secondary N) is 2. The molecule has 1 amide bonds. The minimum atomic E-state index is 0.138. The number of piperidine rings is 1. The number of aromatic nitrogens is 1. The monoisotopic (exact) mass is 371 g/mol. The van der Waals surface area contributed by atoms with Gasteiger partial charge in [-0.3, -0.25) is 4.79 Å². The van der Waals surface area contributed by atoms with Crippen molar-refractivity contribution in [1.82, 2.24) is 15.8 Å². The highest BCUT2D eigenvalue weighted by atomic mass is 16.5. The van der Waals surface area contributed by atoms with E-state index in [1.54, 1.807) is 0 Å². The fourth-order valence-electron chi connectivity index (χ4n) is 3.56. The lowest BCUT2D eigenvalue weighted by Gasteiger charge is -2.31. The third-order valence-electron chi connectivity index (χ3n) is 4.87. The van der Waals surface area contributed by atoms with E-state index in [0.29, 0.717) is 30.6 Å². The average Bonchev–Trinajstić information content (AvgIpc) is 3.09. The van der Waals surface area contributed by atoms with Crippen molar-refractivity contribution >= 4 is 5.91 Å². The molecule has 27 heavy (non-hydrogen) atoms. The summed E-state index contributed by atoms with van der Waals surface area (Å²) in [5.74, 6) is 2.41. The van der Waals surface area contributed by atoms with Gasteiger partial charge < -0.3 is 19.9 Å². The molecular formula is C21H29N3O3. The molecule has 0 saturated carbocycles. The molecule has 1 saturated heterocycles. The molecule has 2 heterocycles. The molecule has 0 spiro atoms. The number of carbonyl (C=O) groups excluding carboxylic acids is 1. The zero-order valence-electron chi connectivity index (χ0n) is 16.1. The fraction of sp³-hybridized carbons (Fsp3) is 0.524. The van der Waals surface area contributed by atoms with Crippen molar-refractivity contribution < 1.29 is 14.1 Å². The molecule has 2 atom stereocenters. The largest absolute Gasteiger partial charge is 0.486 e. The number of para-hydroxylation sites is 1. The maximum absolute atomic E-state index is 12.2. The molecule has 1 aliphatic heterocycles. The predicted molar refractivity (Wildman–Crippen MR) is 103 cm³/mol. The smallest absolute Gasteiger partial charge is 0.220 e. The van der Waals surface area contributed by atoms with Crippen LogP contribution >= 0.6 is 0 Å². The average molecular weight is 371 g/mol.